The molecule has 0 bridgehead atoms. The summed E-state index contributed by atoms with van der Waals surface area (Å²) >= 11 is 0. The number of aliphatic carboxylic acids is 1. The Labute approximate surface area is 148 Å². The van der Waals surface area contributed by atoms with Gasteiger partial charge in [0.2, 0.25) is 0 Å². The predicted molar refractivity (Wildman–Crippen MR) is 86.5 cm³/mol. The van der Waals surface area contributed by atoms with Gasteiger partial charge in [-0.05, 0) is 42.5 Å². The first kappa shape index (κ1) is 20.3. The van der Waals surface area contributed by atoms with Crippen LogP contribution in [0.3, 0.4) is 0 Å². The molecule has 1 atom stereocenters. The Morgan fingerprint density at radius 1 is 1.38 bits per heavy atom. The van der Waals surface area contributed by atoms with Crippen molar-refractivity contribution in [2.75, 3.05) is 19.6 Å². The third-order valence-electron chi connectivity index (χ3n) is 4.45. The second-order valence-electron chi connectivity index (χ2n) is 6.76. The van der Waals surface area contributed by atoms with E-state index in [1.165, 1.54) is 11.1 Å². The van der Waals surface area contributed by atoms with Gasteiger partial charge in [-0.3, -0.25) is 0 Å². The molecule has 0 aromatic heterocycles. The monoisotopic (exact) mass is 375 g/mol. The number of nitrogens with zero attached hydrogens (tertiary/aromatic N) is 3. The van der Waals surface area contributed by atoms with Crippen molar-refractivity contribution in [1.82, 2.24) is 4.90 Å². The van der Waals surface area contributed by atoms with Gasteiger partial charge in [0, 0.05) is 26.1 Å². The third-order valence-corrected chi connectivity index (χ3v) is 4.45. The zero-order chi connectivity index (χ0) is 19.5. The minimum atomic E-state index is -5.08. The first-order valence-corrected chi connectivity index (χ1v) is 8.25. The van der Waals surface area contributed by atoms with Crippen molar-refractivity contribution in [3.63, 3.8) is 0 Å². The van der Waals surface area contributed by atoms with Gasteiger partial charge in [-0.2, -0.15) is 23.4 Å². The van der Waals surface area contributed by atoms with E-state index in [1.807, 2.05) is 6.07 Å². The first-order valence-electron chi connectivity index (χ1n) is 8.25. The number of rotatable bonds is 3. The Balaban J connectivity index is 0.000000298. The summed E-state index contributed by atoms with van der Waals surface area (Å²) in [6.07, 6.45) is -3.09. The van der Waals surface area contributed by atoms with Crippen LogP contribution in [0.25, 0.3) is 0 Å². The lowest BCUT2D eigenvalue weighted by Crippen LogP contribution is -2.31. The summed E-state index contributed by atoms with van der Waals surface area (Å²) in [5.74, 6) is -2.50. The average molecular weight is 375 g/mol. The van der Waals surface area contributed by atoms with Crippen LogP contribution >= 0.6 is 0 Å². The number of fused-ring (bicyclic) bond motifs is 1. The molecule has 26 heavy (non-hydrogen) atoms. The van der Waals surface area contributed by atoms with E-state index in [-0.39, 0.29) is 11.5 Å². The second kappa shape index (κ2) is 7.69. The lowest BCUT2D eigenvalue weighted by atomic mass is 9.95. The zero-order valence-corrected chi connectivity index (χ0v) is 14.6. The van der Waals surface area contributed by atoms with Gasteiger partial charge in [0.05, 0.1) is 0 Å². The number of alkyl halides is 3. The van der Waals surface area contributed by atoms with E-state index in [2.05, 4.69) is 29.0 Å². The van der Waals surface area contributed by atoms with Gasteiger partial charge in [-0.25, -0.2) is 9.18 Å². The molecule has 0 spiro atoms. The van der Waals surface area contributed by atoms with E-state index in [9.17, 15) is 17.6 Å². The van der Waals surface area contributed by atoms with Crippen molar-refractivity contribution in [2.45, 2.75) is 44.4 Å². The maximum absolute atomic E-state index is 13.4. The molecule has 144 valence electrons. The van der Waals surface area contributed by atoms with Gasteiger partial charge in [0.25, 0.3) is 0 Å². The van der Waals surface area contributed by atoms with E-state index < -0.39 is 12.1 Å². The summed E-state index contributed by atoms with van der Waals surface area (Å²) in [6, 6.07) is 5.22. The summed E-state index contributed by atoms with van der Waals surface area (Å²) in [5, 5.41) is 15.2. The Morgan fingerprint density at radius 2 is 2.00 bits per heavy atom. The molecule has 2 aliphatic heterocycles. The second-order valence-corrected chi connectivity index (χ2v) is 6.76. The molecular weight excluding hydrogens is 354 g/mol. The molecule has 0 aliphatic carbocycles. The minimum absolute atomic E-state index is 0.117. The molecule has 3 rings (SSSR count). The molecule has 0 fully saturated rings. The Morgan fingerprint density at radius 3 is 2.54 bits per heavy atom. The van der Waals surface area contributed by atoms with Gasteiger partial charge >= 0.3 is 12.1 Å². The lowest BCUT2D eigenvalue weighted by Gasteiger charge is -2.23. The topological polar surface area (TPSA) is 65.3 Å². The largest absolute Gasteiger partial charge is 0.490 e. The summed E-state index contributed by atoms with van der Waals surface area (Å²) in [7, 11) is 0. The van der Waals surface area contributed by atoms with Gasteiger partial charge in [-0.1, -0.05) is 13.0 Å². The molecule has 0 radical (unpaired) electrons. The fraction of sp³-hybridized carbons (Fsp3) is 0.588. The van der Waals surface area contributed by atoms with Crippen molar-refractivity contribution in [2.24, 2.45) is 10.2 Å². The summed E-state index contributed by atoms with van der Waals surface area (Å²) in [6.45, 7) is 7.30. The van der Waals surface area contributed by atoms with Gasteiger partial charge < -0.3 is 10.0 Å². The normalized spacial score (nSPS) is 21.2. The lowest BCUT2D eigenvalue weighted by molar-refractivity contribution is -0.192. The van der Waals surface area contributed by atoms with E-state index in [0.29, 0.717) is 5.92 Å². The van der Waals surface area contributed by atoms with Crippen LogP contribution in [0.4, 0.5) is 17.6 Å². The SMILES string of the molecule is CC1CN(CCC2(C)N=N2)CCc2ccc(F)cc21.O=C(O)C(F)(F)F. The van der Waals surface area contributed by atoms with Crippen molar-refractivity contribution >= 4 is 5.97 Å². The van der Waals surface area contributed by atoms with Crippen LogP contribution in [-0.4, -0.2) is 47.4 Å². The number of hydrogen-bond acceptors (Lipinski definition) is 4. The predicted octanol–water partition coefficient (Wildman–Crippen LogP) is 3.99. The molecular formula is C17H21F4N3O2. The average Bonchev–Trinajstić information content (AvgIpc) is 3.30. The molecule has 9 heteroatoms. The van der Waals surface area contributed by atoms with E-state index in [4.69, 9.17) is 9.90 Å². The van der Waals surface area contributed by atoms with Crippen LogP contribution in [-0.2, 0) is 11.2 Å². The number of carboxylic acids is 1. The van der Waals surface area contributed by atoms with Crippen molar-refractivity contribution in [1.29, 1.82) is 0 Å². The van der Waals surface area contributed by atoms with Gasteiger partial charge in [0.15, 0.2) is 5.66 Å². The number of carbonyl (C=O) groups is 1. The van der Waals surface area contributed by atoms with E-state index >= 15 is 0 Å². The minimum Gasteiger partial charge on any atom is -0.475 e. The van der Waals surface area contributed by atoms with Crippen molar-refractivity contribution in [3.05, 3.63) is 35.1 Å². The van der Waals surface area contributed by atoms with Gasteiger partial charge in [0.1, 0.15) is 5.82 Å². The zero-order valence-electron chi connectivity index (χ0n) is 14.6. The molecule has 0 amide bonds. The molecule has 0 saturated carbocycles. The molecule has 1 unspecified atom stereocenters. The quantitative estimate of drug-likeness (QED) is 0.813. The molecule has 0 saturated heterocycles. The van der Waals surface area contributed by atoms with Crippen molar-refractivity contribution < 1.29 is 27.5 Å². The van der Waals surface area contributed by atoms with Gasteiger partial charge in [-0.15, -0.1) is 0 Å². The van der Waals surface area contributed by atoms with Crippen LogP contribution < -0.4 is 0 Å². The molecule has 2 aliphatic rings. The van der Waals surface area contributed by atoms with Crippen LogP contribution in [0, 0.1) is 5.82 Å². The summed E-state index contributed by atoms with van der Waals surface area (Å²) < 4.78 is 45.1. The molecule has 1 N–H and O–H groups in total. The standard InChI is InChI=1S/C15H20FN3.C2HF3O2/c1-11-10-19(8-6-15(2)17-18-15)7-5-12-3-4-13(16)9-14(11)12;3-2(4,5)1(6)7/h3-4,9,11H,5-8,10H2,1-2H3;(H,6,7). The molecule has 1 aromatic carbocycles. The smallest absolute Gasteiger partial charge is 0.475 e. The maximum atomic E-state index is 13.4. The number of halogens is 4. The summed E-state index contributed by atoms with van der Waals surface area (Å²) in [5.41, 5.74) is 2.35. The summed E-state index contributed by atoms with van der Waals surface area (Å²) in [4.78, 5) is 11.4. The van der Waals surface area contributed by atoms with Crippen LogP contribution in [0.15, 0.2) is 28.4 Å². The molecule has 5 nitrogen and oxygen atoms in total. The highest BCUT2D eigenvalue weighted by Crippen LogP contribution is 2.32. The Bertz CT molecular complexity index is 685. The molecule has 1 aromatic rings. The Hall–Kier alpha value is -2.03. The van der Waals surface area contributed by atoms with Crippen LogP contribution in [0.1, 0.15) is 37.3 Å². The fourth-order valence-corrected chi connectivity index (χ4v) is 2.87. The van der Waals surface area contributed by atoms with Crippen molar-refractivity contribution in [3.8, 4) is 0 Å². The van der Waals surface area contributed by atoms with Crippen LogP contribution in [0.2, 0.25) is 0 Å². The number of carboxylic acid groups (broad SMARTS) is 1. The van der Waals surface area contributed by atoms with E-state index in [0.717, 1.165) is 32.5 Å². The fourth-order valence-electron chi connectivity index (χ4n) is 2.87. The first-order chi connectivity index (χ1) is 12.0. The molecule has 2 heterocycles. The highest BCUT2D eigenvalue weighted by atomic mass is 19.4. The third kappa shape index (κ3) is 5.76. The van der Waals surface area contributed by atoms with E-state index in [1.54, 1.807) is 12.1 Å². The highest BCUT2D eigenvalue weighted by molar-refractivity contribution is 5.73. The highest BCUT2D eigenvalue weighted by Gasteiger charge is 2.38. The van der Waals surface area contributed by atoms with Crippen LogP contribution in [0.5, 0.6) is 0 Å². The number of hydrogen-bond donors (Lipinski definition) is 1. The Kier molecular flexibility index (Phi) is 6.00. The number of benzene rings is 1. The maximum Gasteiger partial charge on any atom is 0.490 e.